The van der Waals surface area contributed by atoms with Crippen molar-refractivity contribution in [3.05, 3.63) is 150 Å². The zero-order valence-electron chi connectivity index (χ0n) is 23.9. The van der Waals surface area contributed by atoms with E-state index in [4.69, 9.17) is 8.83 Å². The molecule has 0 saturated heterocycles. The van der Waals surface area contributed by atoms with Gasteiger partial charge in [0, 0.05) is 26.8 Å². The van der Waals surface area contributed by atoms with E-state index >= 15 is 0 Å². The van der Waals surface area contributed by atoms with Crippen LogP contribution in [0.2, 0.25) is 0 Å². The first-order chi connectivity index (χ1) is 21.7. The number of furan rings is 2. The first kappa shape index (κ1) is 24.7. The second-order valence-corrected chi connectivity index (χ2v) is 11.4. The van der Waals surface area contributed by atoms with E-state index in [2.05, 4.69) is 128 Å². The fourth-order valence-corrected chi connectivity index (χ4v) is 6.96. The van der Waals surface area contributed by atoms with Gasteiger partial charge in [0.1, 0.15) is 22.2 Å². The Balaban J connectivity index is 1.29. The minimum absolute atomic E-state index is 0.617. The third-order valence-corrected chi connectivity index (χ3v) is 8.92. The van der Waals surface area contributed by atoms with E-state index in [-0.39, 0.29) is 0 Å². The fourth-order valence-electron chi connectivity index (χ4n) is 6.96. The van der Waals surface area contributed by atoms with Crippen molar-refractivity contribution in [1.82, 2.24) is 0 Å². The van der Waals surface area contributed by atoms with Gasteiger partial charge in [-0.25, -0.2) is 0 Å². The lowest BCUT2D eigenvalue weighted by Gasteiger charge is -2.17. The van der Waals surface area contributed by atoms with Crippen molar-refractivity contribution in [2.45, 2.75) is 0 Å². The molecule has 0 spiro atoms. The van der Waals surface area contributed by atoms with Crippen LogP contribution in [0.15, 0.2) is 143 Å². The molecular formula is C42H26O2. The molecule has 0 fully saturated rings. The van der Waals surface area contributed by atoms with Crippen molar-refractivity contribution in [3.8, 4) is 11.1 Å². The molecule has 0 aliphatic rings. The topological polar surface area (TPSA) is 26.3 Å². The maximum Gasteiger partial charge on any atom is 0.143 e. The molecular weight excluding hydrogens is 536 g/mol. The van der Waals surface area contributed by atoms with Crippen molar-refractivity contribution in [2.24, 2.45) is 0 Å². The molecule has 0 N–H and O–H groups in total. The number of hydrogen-bond acceptors (Lipinski definition) is 2. The quantitative estimate of drug-likeness (QED) is 0.200. The van der Waals surface area contributed by atoms with E-state index in [0.717, 1.165) is 60.0 Å². The van der Waals surface area contributed by atoms with Crippen molar-refractivity contribution >= 4 is 83.5 Å². The molecule has 2 nitrogen and oxygen atoms in total. The number of rotatable bonds is 3. The van der Waals surface area contributed by atoms with Crippen molar-refractivity contribution in [1.29, 1.82) is 0 Å². The number of fused-ring (bicyclic) bond motifs is 8. The largest absolute Gasteiger partial charge is 0.457 e. The molecule has 2 heterocycles. The Labute approximate surface area is 253 Å². The summed E-state index contributed by atoms with van der Waals surface area (Å²) in [4.78, 5) is 0. The van der Waals surface area contributed by atoms with Crippen LogP contribution in [0.5, 0.6) is 0 Å². The Bertz CT molecular complexity index is 2680. The van der Waals surface area contributed by atoms with Crippen LogP contribution in [0.4, 0.5) is 0 Å². The molecule has 0 bridgehead atoms. The SMILES string of the molecule is C=C(/C=c1\c(=C)oc2cc3c(ccc4c5ccccc5oc34)cc12)c1c2ccccc2c(-c2ccccc2)c2ccccc12. The summed E-state index contributed by atoms with van der Waals surface area (Å²) in [5.41, 5.74) is 7.63. The maximum atomic E-state index is 6.32. The minimum Gasteiger partial charge on any atom is -0.457 e. The third-order valence-electron chi connectivity index (χ3n) is 8.92. The lowest BCUT2D eigenvalue weighted by Crippen LogP contribution is -2.18. The minimum atomic E-state index is 0.617. The van der Waals surface area contributed by atoms with Gasteiger partial charge in [0.2, 0.25) is 0 Å². The molecule has 2 heteroatoms. The van der Waals surface area contributed by atoms with Gasteiger partial charge in [-0.1, -0.05) is 116 Å². The summed E-state index contributed by atoms with van der Waals surface area (Å²) in [5, 5.41) is 11.0. The predicted molar refractivity (Wildman–Crippen MR) is 186 cm³/mol. The van der Waals surface area contributed by atoms with Gasteiger partial charge in [-0.2, -0.15) is 0 Å². The van der Waals surface area contributed by atoms with Crippen LogP contribution in [0.25, 0.3) is 94.6 Å². The molecule has 0 radical (unpaired) electrons. The summed E-state index contributed by atoms with van der Waals surface area (Å²) in [6, 6.07) is 44.6. The van der Waals surface area contributed by atoms with E-state index in [9.17, 15) is 0 Å². The standard InChI is InChI=1S/C42H26O2/c1-25(40-30-15-6-8-17-32(30)41(27-12-4-3-5-13-27)33-18-9-7-16-31(33)40)22-35-26(2)43-39-24-36-28(23-37(35)39)20-21-34-29-14-10-11-19-38(29)44-42(34)36/h3-24H,1-2H2/b35-22+. The average Bonchev–Trinajstić information content (AvgIpc) is 3.59. The van der Waals surface area contributed by atoms with Gasteiger partial charge in [-0.15, -0.1) is 0 Å². The van der Waals surface area contributed by atoms with Crippen molar-refractivity contribution < 1.29 is 8.83 Å². The highest BCUT2D eigenvalue weighted by atomic mass is 16.3. The van der Waals surface area contributed by atoms with Crippen LogP contribution in [-0.4, -0.2) is 0 Å². The van der Waals surface area contributed by atoms with Crippen LogP contribution in [0.3, 0.4) is 0 Å². The first-order valence-corrected chi connectivity index (χ1v) is 14.8. The van der Waals surface area contributed by atoms with Crippen molar-refractivity contribution in [3.63, 3.8) is 0 Å². The average molecular weight is 563 g/mol. The monoisotopic (exact) mass is 562 g/mol. The normalized spacial score (nSPS) is 12.4. The second kappa shape index (κ2) is 9.32. The number of hydrogen-bond donors (Lipinski definition) is 0. The molecule has 0 atom stereocenters. The number of benzene rings is 7. The lowest BCUT2D eigenvalue weighted by molar-refractivity contribution is 0.578. The van der Waals surface area contributed by atoms with Crippen LogP contribution < -0.4 is 10.6 Å². The van der Waals surface area contributed by atoms with Gasteiger partial charge in [-0.3, -0.25) is 0 Å². The third kappa shape index (κ3) is 3.55. The van der Waals surface area contributed by atoms with Crippen LogP contribution in [0, 0.1) is 0 Å². The molecule has 9 aromatic rings. The smallest absolute Gasteiger partial charge is 0.143 e. The van der Waals surface area contributed by atoms with E-state index in [1.54, 1.807) is 0 Å². The summed E-state index contributed by atoms with van der Waals surface area (Å²) in [6.07, 6.45) is 2.14. The van der Waals surface area contributed by atoms with E-state index in [1.807, 2.05) is 18.2 Å². The van der Waals surface area contributed by atoms with Gasteiger partial charge in [0.05, 0.1) is 0 Å². The molecule has 9 rings (SSSR count). The maximum absolute atomic E-state index is 6.32. The molecule has 0 saturated carbocycles. The summed E-state index contributed by atoms with van der Waals surface area (Å²) < 4.78 is 12.6. The number of allylic oxidation sites excluding steroid dienone is 1. The Kier molecular flexibility index (Phi) is 5.24. The van der Waals surface area contributed by atoms with E-state index in [1.165, 1.54) is 32.7 Å². The molecule has 44 heavy (non-hydrogen) atoms. The van der Waals surface area contributed by atoms with E-state index < -0.39 is 0 Å². The van der Waals surface area contributed by atoms with Gasteiger partial charge < -0.3 is 8.83 Å². The Morgan fingerprint density at radius 3 is 1.89 bits per heavy atom. The Morgan fingerprint density at radius 1 is 0.523 bits per heavy atom. The molecule has 2 aromatic heterocycles. The highest BCUT2D eigenvalue weighted by molar-refractivity contribution is 6.21. The molecule has 0 unspecified atom stereocenters. The molecule has 206 valence electrons. The second-order valence-electron chi connectivity index (χ2n) is 11.4. The highest BCUT2D eigenvalue weighted by Gasteiger charge is 2.17. The highest BCUT2D eigenvalue weighted by Crippen LogP contribution is 2.42. The van der Waals surface area contributed by atoms with Gasteiger partial charge in [0.25, 0.3) is 0 Å². The van der Waals surface area contributed by atoms with Crippen LogP contribution in [-0.2, 0) is 0 Å². The number of para-hydroxylation sites is 1. The zero-order valence-corrected chi connectivity index (χ0v) is 23.9. The Hall–Kier alpha value is -5.86. The fraction of sp³-hybridized carbons (Fsp3) is 0. The van der Waals surface area contributed by atoms with Gasteiger partial charge >= 0.3 is 0 Å². The molecule has 7 aromatic carbocycles. The molecule has 0 aliphatic heterocycles. The Morgan fingerprint density at radius 2 is 1.16 bits per heavy atom. The summed E-state index contributed by atoms with van der Waals surface area (Å²) in [7, 11) is 0. The van der Waals surface area contributed by atoms with Gasteiger partial charge in [-0.05, 0) is 79.5 Å². The van der Waals surface area contributed by atoms with E-state index in [0.29, 0.717) is 5.42 Å². The summed E-state index contributed by atoms with van der Waals surface area (Å²) in [6.45, 7) is 8.95. The lowest BCUT2D eigenvalue weighted by atomic mass is 9.86. The van der Waals surface area contributed by atoms with Gasteiger partial charge in [0.15, 0.2) is 0 Å². The summed E-state index contributed by atoms with van der Waals surface area (Å²) >= 11 is 0. The molecule has 0 amide bonds. The molecule has 0 aliphatic carbocycles. The summed E-state index contributed by atoms with van der Waals surface area (Å²) in [5.74, 6) is 0. The first-order valence-electron chi connectivity index (χ1n) is 14.8. The van der Waals surface area contributed by atoms with Crippen molar-refractivity contribution in [2.75, 3.05) is 0 Å². The predicted octanol–water partition coefficient (Wildman–Crippen LogP) is 10.4. The zero-order chi connectivity index (χ0) is 29.4. The van der Waals surface area contributed by atoms with Crippen LogP contribution >= 0.6 is 0 Å². The van der Waals surface area contributed by atoms with Crippen LogP contribution in [0.1, 0.15) is 5.56 Å².